The van der Waals surface area contributed by atoms with Gasteiger partial charge in [0.25, 0.3) is 5.91 Å². The van der Waals surface area contributed by atoms with Crippen LogP contribution in [0.4, 0.5) is 17.2 Å². The van der Waals surface area contributed by atoms with Crippen LogP contribution >= 0.6 is 0 Å². The summed E-state index contributed by atoms with van der Waals surface area (Å²) in [5.74, 6) is 0.505. The Morgan fingerprint density at radius 1 is 0.828 bits per heavy atom. The molecule has 4 aromatic rings. The Kier molecular flexibility index (Phi) is 5.29. The topological polar surface area (TPSA) is 66.9 Å². The van der Waals surface area contributed by atoms with Crippen LogP contribution in [-0.4, -0.2) is 15.9 Å². The molecule has 0 saturated heterocycles. The van der Waals surface area contributed by atoms with Crippen LogP contribution in [0.15, 0.2) is 91.3 Å². The highest BCUT2D eigenvalue weighted by atomic mass is 16.1. The lowest BCUT2D eigenvalue weighted by molar-refractivity contribution is 0.102. The number of hydrogen-bond acceptors (Lipinski definition) is 4. The maximum Gasteiger partial charge on any atom is 0.255 e. The van der Waals surface area contributed by atoms with E-state index in [4.69, 9.17) is 0 Å². The fourth-order valence-corrected chi connectivity index (χ4v) is 2.99. The third kappa shape index (κ3) is 4.47. The third-order valence-electron chi connectivity index (χ3n) is 4.53. The van der Waals surface area contributed by atoms with E-state index in [1.807, 2.05) is 79.7 Å². The Morgan fingerprint density at radius 2 is 1.62 bits per heavy atom. The van der Waals surface area contributed by atoms with Gasteiger partial charge in [0.15, 0.2) is 0 Å². The van der Waals surface area contributed by atoms with Gasteiger partial charge in [-0.15, -0.1) is 0 Å². The van der Waals surface area contributed by atoms with Gasteiger partial charge in [-0.3, -0.25) is 4.79 Å². The van der Waals surface area contributed by atoms with Crippen molar-refractivity contribution >= 4 is 23.1 Å². The van der Waals surface area contributed by atoms with E-state index in [0.29, 0.717) is 11.4 Å². The normalized spacial score (nSPS) is 10.4. The van der Waals surface area contributed by atoms with E-state index < -0.39 is 0 Å². The number of benzene rings is 3. The first-order valence-corrected chi connectivity index (χ1v) is 9.30. The molecule has 0 atom stereocenters. The Bertz CT molecular complexity index is 1140. The average molecular weight is 380 g/mol. The Hall–Kier alpha value is -3.99. The van der Waals surface area contributed by atoms with Crippen molar-refractivity contribution in [1.29, 1.82) is 0 Å². The lowest BCUT2D eigenvalue weighted by Crippen LogP contribution is -2.12. The summed E-state index contributed by atoms with van der Waals surface area (Å²) in [7, 11) is 0. The number of para-hydroxylation sites is 1. The molecule has 2 N–H and O–H groups in total. The minimum Gasteiger partial charge on any atom is -0.340 e. The zero-order valence-corrected chi connectivity index (χ0v) is 16.0. The molecule has 1 amide bonds. The van der Waals surface area contributed by atoms with Crippen LogP contribution in [0.1, 0.15) is 15.9 Å². The molecule has 0 bridgehead atoms. The Balaban J connectivity index is 1.52. The second-order valence-electron chi connectivity index (χ2n) is 6.63. The minimum absolute atomic E-state index is 0.157. The van der Waals surface area contributed by atoms with Crippen molar-refractivity contribution in [2.24, 2.45) is 0 Å². The second kappa shape index (κ2) is 8.35. The summed E-state index contributed by atoms with van der Waals surface area (Å²) in [6.45, 7) is 1.97. The van der Waals surface area contributed by atoms with Crippen molar-refractivity contribution < 1.29 is 4.79 Å². The molecule has 0 spiro atoms. The number of hydrogen-bond donors (Lipinski definition) is 2. The molecule has 0 aliphatic rings. The number of rotatable bonds is 5. The van der Waals surface area contributed by atoms with Crippen molar-refractivity contribution in [3.63, 3.8) is 0 Å². The van der Waals surface area contributed by atoms with Gasteiger partial charge in [0.2, 0.25) is 0 Å². The first kappa shape index (κ1) is 18.4. The van der Waals surface area contributed by atoms with Gasteiger partial charge >= 0.3 is 0 Å². The lowest BCUT2D eigenvalue weighted by Gasteiger charge is -2.10. The second-order valence-corrected chi connectivity index (χ2v) is 6.63. The Labute approximate surface area is 169 Å². The van der Waals surface area contributed by atoms with Crippen LogP contribution < -0.4 is 10.6 Å². The SMILES string of the molecule is Cc1ccccc1NC(=O)c1cccc(Nc2cc(-c3ccccc3)ncn2)c1. The van der Waals surface area contributed by atoms with Gasteiger partial charge in [0, 0.05) is 28.6 Å². The van der Waals surface area contributed by atoms with Crippen molar-refractivity contribution in [1.82, 2.24) is 9.97 Å². The van der Waals surface area contributed by atoms with Gasteiger partial charge < -0.3 is 10.6 Å². The van der Waals surface area contributed by atoms with Gasteiger partial charge in [0.05, 0.1) is 5.69 Å². The van der Waals surface area contributed by atoms with Gasteiger partial charge in [-0.25, -0.2) is 9.97 Å². The number of amides is 1. The lowest BCUT2D eigenvalue weighted by atomic mass is 10.1. The summed E-state index contributed by atoms with van der Waals surface area (Å²) >= 11 is 0. The van der Waals surface area contributed by atoms with Crippen LogP contribution in [0.3, 0.4) is 0 Å². The third-order valence-corrected chi connectivity index (χ3v) is 4.53. The van der Waals surface area contributed by atoms with E-state index in [-0.39, 0.29) is 5.91 Å². The Morgan fingerprint density at radius 3 is 2.45 bits per heavy atom. The standard InChI is InChI=1S/C24H20N4O/c1-17-8-5-6-13-21(17)28-24(29)19-11-7-12-20(14-19)27-23-15-22(25-16-26-23)18-9-3-2-4-10-18/h2-16H,1H3,(H,28,29)(H,25,26,27). The summed E-state index contributed by atoms with van der Waals surface area (Å²) in [6, 6.07) is 26.8. The molecule has 0 aliphatic carbocycles. The van der Waals surface area contributed by atoms with Crippen molar-refractivity contribution in [2.75, 3.05) is 10.6 Å². The molecular weight excluding hydrogens is 360 g/mol. The molecule has 3 aromatic carbocycles. The summed E-state index contributed by atoms with van der Waals surface area (Å²) < 4.78 is 0. The quantitative estimate of drug-likeness (QED) is 0.483. The molecule has 0 radical (unpaired) electrons. The highest BCUT2D eigenvalue weighted by Gasteiger charge is 2.09. The molecular formula is C24H20N4O. The van der Waals surface area contributed by atoms with E-state index >= 15 is 0 Å². The first-order chi connectivity index (χ1) is 14.2. The van der Waals surface area contributed by atoms with E-state index in [2.05, 4.69) is 20.6 Å². The molecule has 142 valence electrons. The van der Waals surface area contributed by atoms with Crippen molar-refractivity contribution in [3.8, 4) is 11.3 Å². The van der Waals surface area contributed by atoms with Crippen LogP contribution in [0.5, 0.6) is 0 Å². The molecule has 29 heavy (non-hydrogen) atoms. The number of nitrogens with zero attached hydrogens (tertiary/aromatic N) is 2. The van der Waals surface area contributed by atoms with E-state index in [9.17, 15) is 4.79 Å². The zero-order valence-electron chi connectivity index (χ0n) is 16.0. The fourth-order valence-electron chi connectivity index (χ4n) is 2.99. The number of carbonyl (C=O) groups excluding carboxylic acids is 1. The van der Waals surface area contributed by atoms with Crippen molar-refractivity contribution in [2.45, 2.75) is 6.92 Å². The molecule has 0 unspecified atom stereocenters. The van der Waals surface area contributed by atoms with Crippen LogP contribution in [-0.2, 0) is 0 Å². The molecule has 0 fully saturated rings. The van der Waals surface area contributed by atoms with E-state index in [1.54, 1.807) is 12.1 Å². The summed E-state index contributed by atoms with van der Waals surface area (Å²) in [5, 5.41) is 6.21. The number of anilines is 3. The fraction of sp³-hybridized carbons (Fsp3) is 0.0417. The van der Waals surface area contributed by atoms with E-state index in [1.165, 1.54) is 6.33 Å². The number of aromatic nitrogens is 2. The van der Waals surface area contributed by atoms with Gasteiger partial charge in [-0.05, 0) is 36.8 Å². The summed E-state index contributed by atoms with van der Waals surface area (Å²) in [5.41, 5.74) is 5.01. The number of nitrogens with one attached hydrogen (secondary N) is 2. The van der Waals surface area contributed by atoms with Gasteiger partial charge in [-0.1, -0.05) is 54.6 Å². The van der Waals surface area contributed by atoms with Gasteiger partial charge in [0.1, 0.15) is 12.1 Å². The molecule has 1 heterocycles. The number of carbonyl (C=O) groups is 1. The molecule has 0 aliphatic heterocycles. The highest BCUT2D eigenvalue weighted by molar-refractivity contribution is 6.05. The molecule has 5 heteroatoms. The van der Waals surface area contributed by atoms with Crippen LogP contribution in [0.25, 0.3) is 11.3 Å². The predicted octanol–water partition coefficient (Wildman–Crippen LogP) is 5.45. The minimum atomic E-state index is -0.157. The molecule has 5 nitrogen and oxygen atoms in total. The first-order valence-electron chi connectivity index (χ1n) is 9.30. The van der Waals surface area contributed by atoms with Gasteiger partial charge in [-0.2, -0.15) is 0 Å². The maximum absolute atomic E-state index is 12.6. The largest absolute Gasteiger partial charge is 0.340 e. The monoisotopic (exact) mass is 380 g/mol. The summed E-state index contributed by atoms with van der Waals surface area (Å²) in [6.07, 6.45) is 1.53. The summed E-state index contributed by atoms with van der Waals surface area (Å²) in [4.78, 5) is 21.3. The number of aryl methyl sites for hydroxylation is 1. The molecule has 4 rings (SSSR count). The smallest absolute Gasteiger partial charge is 0.255 e. The van der Waals surface area contributed by atoms with Crippen LogP contribution in [0, 0.1) is 6.92 Å². The van der Waals surface area contributed by atoms with E-state index in [0.717, 1.165) is 28.2 Å². The predicted molar refractivity (Wildman–Crippen MR) is 116 cm³/mol. The molecule has 0 saturated carbocycles. The molecule has 1 aromatic heterocycles. The van der Waals surface area contributed by atoms with Crippen LogP contribution in [0.2, 0.25) is 0 Å². The highest BCUT2D eigenvalue weighted by Crippen LogP contribution is 2.22. The zero-order chi connectivity index (χ0) is 20.1. The van der Waals surface area contributed by atoms with Crippen molar-refractivity contribution in [3.05, 3.63) is 102 Å². The maximum atomic E-state index is 12.6. The average Bonchev–Trinajstić information content (AvgIpc) is 2.76.